The SMILES string of the molecule is CCC(CO)NC(=O)C1CN(C)[C@@H]2Cc3c[nH]c4cccc(c34)[C@@]2(C)C1. The van der Waals surface area contributed by atoms with Crippen LogP contribution in [0.15, 0.2) is 24.4 Å². The molecule has 26 heavy (non-hydrogen) atoms. The van der Waals surface area contributed by atoms with Crippen molar-refractivity contribution in [3.8, 4) is 0 Å². The zero-order valence-corrected chi connectivity index (χ0v) is 15.9. The minimum absolute atomic E-state index is 0.00326. The van der Waals surface area contributed by atoms with Gasteiger partial charge in [0.2, 0.25) is 5.91 Å². The van der Waals surface area contributed by atoms with Crippen LogP contribution in [0.3, 0.4) is 0 Å². The summed E-state index contributed by atoms with van der Waals surface area (Å²) in [4.78, 5) is 18.6. The second kappa shape index (κ2) is 6.39. The Labute approximate surface area is 154 Å². The fourth-order valence-electron chi connectivity index (χ4n) is 5.22. The summed E-state index contributed by atoms with van der Waals surface area (Å²) in [5.74, 6) is 0.0158. The zero-order valence-electron chi connectivity index (χ0n) is 15.9. The molecule has 5 nitrogen and oxygen atoms in total. The van der Waals surface area contributed by atoms with Crippen LogP contribution in [0.5, 0.6) is 0 Å². The molecule has 2 aliphatic rings. The van der Waals surface area contributed by atoms with Gasteiger partial charge < -0.3 is 20.3 Å². The molecule has 0 radical (unpaired) electrons. The average molecular weight is 355 g/mol. The van der Waals surface area contributed by atoms with Crippen molar-refractivity contribution in [2.45, 2.75) is 50.6 Å². The third-order valence-electron chi connectivity index (χ3n) is 6.69. The maximum Gasteiger partial charge on any atom is 0.224 e. The molecule has 1 aliphatic heterocycles. The third-order valence-corrected chi connectivity index (χ3v) is 6.69. The molecule has 5 heteroatoms. The number of likely N-dealkylation sites (N-methyl/N-ethyl adjacent to an activating group) is 1. The Hall–Kier alpha value is -1.85. The number of carbonyl (C=O) groups is 1. The number of amides is 1. The number of aliphatic hydroxyl groups is 1. The van der Waals surface area contributed by atoms with Crippen molar-refractivity contribution in [1.82, 2.24) is 15.2 Å². The summed E-state index contributed by atoms with van der Waals surface area (Å²) in [6, 6.07) is 6.75. The van der Waals surface area contributed by atoms with Crippen LogP contribution in [0.2, 0.25) is 0 Å². The second-order valence-electron chi connectivity index (χ2n) is 8.32. The number of fused-ring (bicyclic) bond motifs is 2. The number of likely N-dealkylation sites (tertiary alicyclic amines) is 1. The highest BCUT2D eigenvalue weighted by molar-refractivity contribution is 5.89. The molecule has 0 saturated carbocycles. The van der Waals surface area contributed by atoms with E-state index in [4.69, 9.17) is 0 Å². The molecule has 140 valence electrons. The summed E-state index contributed by atoms with van der Waals surface area (Å²) >= 11 is 0. The lowest BCUT2D eigenvalue weighted by Gasteiger charge is -2.52. The summed E-state index contributed by atoms with van der Waals surface area (Å²) in [5.41, 5.74) is 3.89. The monoisotopic (exact) mass is 355 g/mol. The minimum atomic E-state index is -0.149. The van der Waals surface area contributed by atoms with Crippen LogP contribution < -0.4 is 5.32 Å². The number of carbonyl (C=O) groups excluding carboxylic acids is 1. The first-order valence-corrected chi connectivity index (χ1v) is 9.68. The van der Waals surface area contributed by atoms with Crippen LogP contribution in [0.1, 0.15) is 37.8 Å². The molecule has 2 aromatic rings. The molecule has 4 atom stereocenters. The summed E-state index contributed by atoms with van der Waals surface area (Å²) < 4.78 is 0. The molecular weight excluding hydrogens is 326 g/mol. The van der Waals surface area contributed by atoms with E-state index < -0.39 is 0 Å². The lowest BCUT2D eigenvalue weighted by molar-refractivity contribution is -0.129. The highest BCUT2D eigenvalue weighted by Gasteiger charge is 2.49. The van der Waals surface area contributed by atoms with Crippen molar-refractivity contribution in [3.63, 3.8) is 0 Å². The number of aromatic nitrogens is 1. The molecule has 1 aromatic carbocycles. The molecule has 0 bridgehead atoms. The van der Waals surface area contributed by atoms with Gasteiger partial charge in [-0.15, -0.1) is 0 Å². The number of aliphatic hydroxyl groups excluding tert-OH is 1. The van der Waals surface area contributed by atoms with Crippen LogP contribution >= 0.6 is 0 Å². The summed E-state index contributed by atoms with van der Waals surface area (Å²) in [6.45, 7) is 5.07. The summed E-state index contributed by atoms with van der Waals surface area (Å²) in [6.07, 6.45) is 4.76. The lowest BCUT2D eigenvalue weighted by Crippen LogP contribution is -2.59. The molecular formula is C21H29N3O2. The van der Waals surface area contributed by atoms with E-state index in [1.807, 2.05) is 6.92 Å². The molecule has 1 amide bonds. The van der Waals surface area contributed by atoms with Crippen LogP contribution in [0.25, 0.3) is 10.9 Å². The number of aromatic amines is 1. The number of hydrogen-bond acceptors (Lipinski definition) is 3. The van der Waals surface area contributed by atoms with Gasteiger partial charge in [0, 0.05) is 35.1 Å². The fraction of sp³-hybridized carbons (Fsp3) is 0.571. The predicted molar refractivity (Wildman–Crippen MR) is 103 cm³/mol. The van der Waals surface area contributed by atoms with Gasteiger partial charge in [0.05, 0.1) is 18.6 Å². The maximum absolute atomic E-state index is 12.9. The van der Waals surface area contributed by atoms with E-state index >= 15 is 0 Å². The molecule has 4 rings (SSSR count). The number of piperidine rings is 1. The van der Waals surface area contributed by atoms with Crippen molar-refractivity contribution in [3.05, 3.63) is 35.5 Å². The molecule has 1 aliphatic carbocycles. The molecule has 1 aromatic heterocycles. The van der Waals surface area contributed by atoms with Gasteiger partial charge >= 0.3 is 0 Å². The van der Waals surface area contributed by atoms with E-state index in [0.717, 1.165) is 25.8 Å². The molecule has 0 spiro atoms. The first kappa shape index (κ1) is 17.6. The lowest BCUT2D eigenvalue weighted by atomic mass is 9.62. The van der Waals surface area contributed by atoms with Crippen molar-refractivity contribution in [2.24, 2.45) is 5.92 Å². The molecule has 2 unspecified atom stereocenters. The van der Waals surface area contributed by atoms with Crippen LogP contribution in [-0.4, -0.2) is 53.2 Å². The molecule has 1 fully saturated rings. The van der Waals surface area contributed by atoms with Gasteiger partial charge in [-0.1, -0.05) is 26.0 Å². The highest BCUT2D eigenvalue weighted by atomic mass is 16.3. The van der Waals surface area contributed by atoms with Crippen molar-refractivity contribution in [2.75, 3.05) is 20.2 Å². The number of H-pyrrole nitrogens is 1. The minimum Gasteiger partial charge on any atom is -0.394 e. The molecule has 2 heterocycles. The summed E-state index contributed by atoms with van der Waals surface area (Å²) in [5, 5.41) is 13.8. The number of nitrogens with zero attached hydrogens (tertiary/aromatic N) is 1. The van der Waals surface area contributed by atoms with E-state index in [0.29, 0.717) is 6.04 Å². The Kier molecular flexibility index (Phi) is 4.32. The standard InChI is InChI=1S/C21H29N3O2/c1-4-15(12-25)23-20(26)14-9-21(2)16-6-5-7-17-19(16)13(10-22-17)8-18(21)24(3)11-14/h5-7,10,14-15,18,22,25H,4,8-9,11-12H2,1-3H3,(H,23,26)/t14?,15?,18-,21-/m1/s1. The quantitative estimate of drug-likeness (QED) is 0.787. The van der Waals surface area contributed by atoms with Crippen molar-refractivity contribution in [1.29, 1.82) is 0 Å². The molecule has 1 saturated heterocycles. The van der Waals surface area contributed by atoms with Gasteiger partial charge in [0.1, 0.15) is 0 Å². The summed E-state index contributed by atoms with van der Waals surface area (Å²) in [7, 11) is 2.14. The van der Waals surface area contributed by atoms with Crippen LogP contribution in [0.4, 0.5) is 0 Å². The van der Waals surface area contributed by atoms with E-state index in [2.05, 4.69) is 53.6 Å². The largest absolute Gasteiger partial charge is 0.394 e. The van der Waals surface area contributed by atoms with E-state index in [1.165, 1.54) is 22.0 Å². The Morgan fingerprint density at radius 2 is 2.31 bits per heavy atom. The van der Waals surface area contributed by atoms with Gasteiger partial charge in [-0.3, -0.25) is 4.79 Å². The van der Waals surface area contributed by atoms with Gasteiger partial charge in [-0.05, 0) is 43.5 Å². The maximum atomic E-state index is 12.9. The topological polar surface area (TPSA) is 68.4 Å². The van der Waals surface area contributed by atoms with E-state index in [-0.39, 0.29) is 29.9 Å². The Morgan fingerprint density at radius 1 is 1.50 bits per heavy atom. The molecule has 3 N–H and O–H groups in total. The first-order chi connectivity index (χ1) is 12.5. The van der Waals surface area contributed by atoms with Crippen molar-refractivity contribution < 1.29 is 9.90 Å². The second-order valence-corrected chi connectivity index (χ2v) is 8.32. The van der Waals surface area contributed by atoms with Crippen LogP contribution in [0, 0.1) is 5.92 Å². The van der Waals surface area contributed by atoms with Crippen molar-refractivity contribution >= 4 is 16.8 Å². The zero-order chi connectivity index (χ0) is 18.5. The third kappa shape index (κ3) is 2.57. The van der Waals surface area contributed by atoms with E-state index in [1.54, 1.807) is 0 Å². The fourth-order valence-corrected chi connectivity index (χ4v) is 5.22. The normalized spacial score (nSPS) is 29.4. The predicted octanol–water partition coefficient (Wildman–Crippen LogP) is 2.19. The van der Waals surface area contributed by atoms with Gasteiger partial charge in [-0.2, -0.15) is 0 Å². The average Bonchev–Trinajstić information content (AvgIpc) is 3.05. The number of nitrogens with one attached hydrogen (secondary N) is 2. The Morgan fingerprint density at radius 3 is 3.04 bits per heavy atom. The Balaban J connectivity index is 1.68. The first-order valence-electron chi connectivity index (χ1n) is 9.68. The van der Waals surface area contributed by atoms with E-state index in [9.17, 15) is 9.90 Å². The van der Waals surface area contributed by atoms with Crippen LogP contribution in [-0.2, 0) is 16.6 Å². The number of benzene rings is 1. The highest BCUT2D eigenvalue weighted by Crippen LogP contribution is 2.48. The number of rotatable bonds is 4. The Bertz CT molecular complexity index is 826. The van der Waals surface area contributed by atoms with Gasteiger partial charge in [-0.25, -0.2) is 0 Å². The van der Waals surface area contributed by atoms with Gasteiger partial charge in [0.25, 0.3) is 0 Å². The van der Waals surface area contributed by atoms with Gasteiger partial charge in [0.15, 0.2) is 0 Å². The number of hydrogen-bond donors (Lipinski definition) is 3. The smallest absolute Gasteiger partial charge is 0.224 e.